The molecule has 2 rings (SSSR count). The van der Waals surface area contributed by atoms with Gasteiger partial charge in [0.1, 0.15) is 12.4 Å². The van der Waals surface area contributed by atoms with E-state index >= 15 is 0 Å². The molecule has 1 aliphatic rings. The van der Waals surface area contributed by atoms with Crippen LogP contribution in [0.4, 0.5) is 5.69 Å². The van der Waals surface area contributed by atoms with Gasteiger partial charge >= 0.3 is 0 Å². The first-order valence-electron chi connectivity index (χ1n) is 6.01. The molecule has 1 atom stereocenters. The molecule has 1 heterocycles. The molecule has 94 valence electrons. The van der Waals surface area contributed by atoms with Crippen LogP contribution >= 0.6 is 0 Å². The summed E-state index contributed by atoms with van der Waals surface area (Å²) in [4.78, 5) is 13.7. The van der Waals surface area contributed by atoms with E-state index in [0.717, 1.165) is 11.4 Å². The fraction of sp³-hybridized carbons (Fsp3) is 0.267. The van der Waals surface area contributed by atoms with E-state index in [9.17, 15) is 4.79 Å². The maximum absolute atomic E-state index is 11.9. The Balaban J connectivity index is 2.15. The molecule has 1 amide bonds. The highest BCUT2D eigenvalue weighted by atomic mass is 16.5. The van der Waals surface area contributed by atoms with Gasteiger partial charge in [0.05, 0.1) is 0 Å². The molecule has 0 N–H and O–H groups in total. The number of nitrogens with zero attached hydrogens (tertiary/aromatic N) is 1. The zero-order chi connectivity index (χ0) is 13.0. The summed E-state index contributed by atoms with van der Waals surface area (Å²) in [6.07, 6.45) is 4.08. The number of hydrogen-bond donors (Lipinski definition) is 0. The third kappa shape index (κ3) is 2.62. The normalized spacial score (nSPS) is 18.8. The average molecular weight is 243 g/mol. The summed E-state index contributed by atoms with van der Waals surface area (Å²) in [7, 11) is 0. The van der Waals surface area contributed by atoms with Gasteiger partial charge in [-0.2, -0.15) is 0 Å². The lowest BCUT2D eigenvalue weighted by molar-refractivity contribution is -0.117. The van der Waals surface area contributed by atoms with E-state index in [1.165, 1.54) is 0 Å². The van der Waals surface area contributed by atoms with Crippen LogP contribution in [-0.2, 0) is 4.79 Å². The first-order chi connectivity index (χ1) is 8.74. The first kappa shape index (κ1) is 12.4. The number of benzene rings is 1. The molecule has 3 nitrogen and oxygen atoms in total. The number of hydrogen-bond acceptors (Lipinski definition) is 2. The van der Waals surface area contributed by atoms with Crippen molar-refractivity contribution in [3.63, 3.8) is 0 Å². The molecule has 18 heavy (non-hydrogen) atoms. The van der Waals surface area contributed by atoms with E-state index in [1.807, 2.05) is 30.3 Å². The lowest BCUT2D eigenvalue weighted by Crippen LogP contribution is -2.24. The molecular formula is C15H17NO2. The highest BCUT2D eigenvalue weighted by molar-refractivity contribution is 5.96. The second-order valence-electron chi connectivity index (χ2n) is 4.30. The minimum atomic E-state index is 0.140. The van der Waals surface area contributed by atoms with Gasteiger partial charge in [-0.05, 0) is 12.1 Å². The summed E-state index contributed by atoms with van der Waals surface area (Å²) in [5, 5.41) is 0. The van der Waals surface area contributed by atoms with E-state index in [2.05, 4.69) is 13.2 Å². The second-order valence-corrected chi connectivity index (χ2v) is 4.30. The summed E-state index contributed by atoms with van der Waals surface area (Å²) in [6.45, 7) is 8.52. The maximum atomic E-state index is 11.9. The van der Waals surface area contributed by atoms with Crippen molar-refractivity contribution in [3.05, 3.63) is 49.6 Å². The largest absolute Gasteiger partial charge is 0.489 e. The summed E-state index contributed by atoms with van der Waals surface area (Å²) < 4.78 is 5.47. The fourth-order valence-electron chi connectivity index (χ4n) is 2.04. The van der Waals surface area contributed by atoms with Gasteiger partial charge < -0.3 is 9.64 Å². The minimum Gasteiger partial charge on any atom is -0.489 e. The van der Waals surface area contributed by atoms with Crippen molar-refractivity contribution in [2.75, 3.05) is 18.1 Å². The van der Waals surface area contributed by atoms with Gasteiger partial charge in [-0.25, -0.2) is 0 Å². The Morgan fingerprint density at radius 1 is 1.44 bits per heavy atom. The van der Waals surface area contributed by atoms with Crippen molar-refractivity contribution in [1.29, 1.82) is 0 Å². The van der Waals surface area contributed by atoms with Crippen LogP contribution in [0.1, 0.15) is 6.42 Å². The molecule has 3 heteroatoms. The van der Waals surface area contributed by atoms with Gasteiger partial charge in [0.15, 0.2) is 0 Å². The third-order valence-corrected chi connectivity index (χ3v) is 2.99. The molecule has 0 saturated carbocycles. The van der Waals surface area contributed by atoms with Crippen LogP contribution in [-0.4, -0.2) is 19.1 Å². The van der Waals surface area contributed by atoms with Crippen molar-refractivity contribution in [2.24, 2.45) is 5.92 Å². The van der Waals surface area contributed by atoms with E-state index in [-0.39, 0.29) is 11.8 Å². The topological polar surface area (TPSA) is 29.5 Å². The van der Waals surface area contributed by atoms with Crippen LogP contribution < -0.4 is 9.64 Å². The van der Waals surface area contributed by atoms with E-state index < -0.39 is 0 Å². The van der Waals surface area contributed by atoms with Crippen molar-refractivity contribution in [2.45, 2.75) is 6.42 Å². The molecule has 1 aromatic rings. The van der Waals surface area contributed by atoms with Gasteiger partial charge in [-0.3, -0.25) is 4.79 Å². The monoisotopic (exact) mass is 243 g/mol. The number of rotatable bonds is 5. The Morgan fingerprint density at radius 2 is 2.28 bits per heavy atom. The van der Waals surface area contributed by atoms with Gasteiger partial charge in [-0.15, -0.1) is 6.58 Å². The molecule has 0 bridgehead atoms. The molecule has 1 saturated heterocycles. The molecule has 0 aromatic heterocycles. The molecule has 0 spiro atoms. The summed E-state index contributed by atoms with van der Waals surface area (Å²) in [5.74, 6) is 1.14. The zero-order valence-electron chi connectivity index (χ0n) is 10.3. The molecule has 1 aromatic carbocycles. The maximum Gasteiger partial charge on any atom is 0.227 e. The van der Waals surface area contributed by atoms with Crippen LogP contribution in [0.25, 0.3) is 0 Å². The van der Waals surface area contributed by atoms with Gasteiger partial charge in [-0.1, -0.05) is 24.8 Å². The fourth-order valence-corrected chi connectivity index (χ4v) is 2.04. The van der Waals surface area contributed by atoms with Crippen molar-refractivity contribution in [1.82, 2.24) is 0 Å². The third-order valence-electron chi connectivity index (χ3n) is 2.99. The highest BCUT2D eigenvalue weighted by Gasteiger charge is 2.28. The number of amides is 1. The standard InChI is InChI=1S/C15H17NO2/c1-3-8-18-14-7-5-6-13(10-14)16-11-12(4-2)9-15(16)17/h3-7,10,12H,1-2,8-9,11H2. The van der Waals surface area contributed by atoms with Gasteiger partial charge in [0, 0.05) is 30.6 Å². The molecule has 1 fully saturated rings. The molecular weight excluding hydrogens is 226 g/mol. The quantitative estimate of drug-likeness (QED) is 0.744. The smallest absolute Gasteiger partial charge is 0.227 e. The molecule has 0 aliphatic carbocycles. The predicted molar refractivity (Wildman–Crippen MR) is 72.8 cm³/mol. The highest BCUT2D eigenvalue weighted by Crippen LogP contribution is 2.28. The Labute approximate surface area is 107 Å². The van der Waals surface area contributed by atoms with E-state index in [4.69, 9.17) is 4.74 Å². The van der Waals surface area contributed by atoms with E-state index in [0.29, 0.717) is 19.6 Å². The van der Waals surface area contributed by atoms with Crippen LogP contribution in [0.3, 0.4) is 0 Å². The SMILES string of the molecule is C=CCOc1cccc(N2CC(C=C)CC2=O)c1. The Hall–Kier alpha value is -2.03. The van der Waals surface area contributed by atoms with Crippen LogP contribution in [0.15, 0.2) is 49.6 Å². The van der Waals surface area contributed by atoms with Crippen molar-refractivity contribution < 1.29 is 9.53 Å². The van der Waals surface area contributed by atoms with Gasteiger partial charge in [0.25, 0.3) is 0 Å². The van der Waals surface area contributed by atoms with Crippen molar-refractivity contribution >= 4 is 11.6 Å². The van der Waals surface area contributed by atoms with Crippen molar-refractivity contribution in [3.8, 4) is 5.75 Å². The summed E-state index contributed by atoms with van der Waals surface area (Å²) in [5.41, 5.74) is 0.880. The number of anilines is 1. The Morgan fingerprint density at radius 3 is 2.94 bits per heavy atom. The summed E-state index contributed by atoms with van der Waals surface area (Å²) >= 11 is 0. The minimum absolute atomic E-state index is 0.140. The summed E-state index contributed by atoms with van der Waals surface area (Å²) in [6, 6.07) is 7.57. The van der Waals surface area contributed by atoms with Crippen LogP contribution in [0, 0.1) is 5.92 Å². The van der Waals surface area contributed by atoms with Crippen LogP contribution in [0.5, 0.6) is 5.75 Å². The lowest BCUT2D eigenvalue weighted by Gasteiger charge is -2.17. The first-order valence-corrected chi connectivity index (χ1v) is 6.01. The molecule has 1 aliphatic heterocycles. The lowest BCUT2D eigenvalue weighted by atomic mass is 10.1. The van der Waals surface area contributed by atoms with E-state index in [1.54, 1.807) is 11.0 Å². The average Bonchev–Trinajstić information content (AvgIpc) is 2.78. The number of ether oxygens (including phenoxy) is 1. The zero-order valence-corrected chi connectivity index (χ0v) is 10.3. The second kappa shape index (κ2) is 5.54. The number of carbonyl (C=O) groups excluding carboxylic acids is 1. The molecule has 0 radical (unpaired) electrons. The number of carbonyl (C=O) groups is 1. The van der Waals surface area contributed by atoms with Gasteiger partial charge in [0.2, 0.25) is 5.91 Å². The molecule has 1 unspecified atom stereocenters. The Bertz CT molecular complexity index is 467. The van der Waals surface area contributed by atoms with Crippen LogP contribution in [0.2, 0.25) is 0 Å². The predicted octanol–water partition coefficient (Wildman–Crippen LogP) is 2.79. The Kier molecular flexibility index (Phi) is 3.82.